The quantitative estimate of drug-likeness (QED) is 0.701. The number of hydrogen-bond donors (Lipinski definition) is 1. The third-order valence-corrected chi connectivity index (χ3v) is 2.27. The van der Waals surface area contributed by atoms with E-state index in [-0.39, 0.29) is 6.10 Å². The minimum atomic E-state index is 0.239. The van der Waals surface area contributed by atoms with Gasteiger partial charge in [0.2, 0.25) is 0 Å². The Kier molecular flexibility index (Phi) is 5.35. The normalized spacial score (nSPS) is 21.7. The molecule has 0 amide bonds. The summed E-state index contributed by atoms with van der Waals surface area (Å²) in [6.07, 6.45) is 2.95. The van der Waals surface area contributed by atoms with Crippen LogP contribution in [-0.4, -0.2) is 38.5 Å². The second-order valence-electron chi connectivity index (χ2n) is 3.56. The van der Waals surface area contributed by atoms with E-state index >= 15 is 0 Å². The van der Waals surface area contributed by atoms with Crippen LogP contribution < -0.4 is 5.32 Å². The van der Waals surface area contributed by atoms with Gasteiger partial charge in [0.1, 0.15) is 0 Å². The molecule has 78 valence electrons. The van der Waals surface area contributed by atoms with Crippen molar-refractivity contribution >= 4 is 0 Å². The first-order chi connectivity index (χ1) is 6.33. The Bertz CT molecular complexity index is 124. The molecule has 0 spiro atoms. The van der Waals surface area contributed by atoms with Gasteiger partial charge in [-0.1, -0.05) is 0 Å². The first-order valence-corrected chi connectivity index (χ1v) is 5.27. The molecule has 1 atom stereocenters. The Hall–Kier alpha value is -0.120. The van der Waals surface area contributed by atoms with Gasteiger partial charge in [0.15, 0.2) is 0 Å². The Labute approximate surface area is 80.8 Å². The number of piperidine rings is 1. The smallest absolute Gasteiger partial charge is 0.0784 e. The molecule has 1 fully saturated rings. The summed E-state index contributed by atoms with van der Waals surface area (Å²) >= 11 is 0. The fourth-order valence-corrected chi connectivity index (χ4v) is 1.58. The van der Waals surface area contributed by atoms with Crippen LogP contribution in [0.3, 0.4) is 0 Å². The van der Waals surface area contributed by atoms with Gasteiger partial charge in [0, 0.05) is 6.61 Å². The van der Waals surface area contributed by atoms with Crippen molar-refractivity contribution in [1.29, 1.82) is 0 Å². The van der Waals surface area contributed by atoms with Gasteiger partial charge in [0.25, 0.3) is 0 Å². The molecule has 1 rings (SSSR count). The Morgan fingerprint density at radius 1 is 1.38 bits per heavy atom. The summed E-state index contributed by atoms with van der Waals surface area (Å²) in [6.45, 7) is 7.77. The predicted molar refractivity (Wildman–Crippen MR) is 52.9 cm³/mol. The van der Waals surface area contributed by atoms with Crippen LogP contribution in [-0.2, 0) is 9.47 Å². The van der Waals surface area contributed by atoms with Crippen LogP contribution in [0.5, 0.6) is 0 Å². The molecule has 0 aliphatic carbocycles. The van der Waals surface area contributed by atoms with Crippen LogP contribution in [0.15, 0.2) is 0 Å². The minimum Gasteiger partial charge on any atom is -0.379 e. The highest BCUT2D eigenvalue weighted by Gasteiger charge is 2.15. The molecule has 0 bridgehead atoms. The van der Waals surface area contributed by atoms with Crippen molar-refractivity contribution in [2.45, 2.75) is 38.9 Å². The van der Waals surface area contributed by atoms with Gasteiger partial charge in [0.05, 0.1) is 18.8 Å². The highest BCUT2D eigenvalue weighted by molar-refractivity contribution is 4.69. The first-order valence-electron chi connectivity index (χ1n) is 5.27. The number of ether oxygens (including phenoxy) is 2. The fraction of sp³-hybridized carbons (Fsp3) is 1.00. The van der Waals surface area contributed by atoms with Gasteiger partial charge in [-0.05, 0) is 39.8 Å². The van der Waals surface area contributed by atoms with Crippen molar-refractivity contribution in [3.63, 3.8) is 0 Å². The summed E-state index contributed by atoms with van der Waals surface area (Å²) in [7, 11) is 0. The van der Waals surface area contributed by atoms with Crippen molar-refractivity contribution in [2.24, 2.45) is 0 Å². The standard InChI is InChI=1S/C10H21NO2/c1-3-12-8-9(2)13-10-4-6-11-7-5-10/h9-11H,3-8H2,1-2H3. The predicted octanol–water partition coefficient (Wildman–Crippen LogP) is 1.18. The lowest BCUT2D eigenvalue weighted by molar-refractivity contribution is -0.0557. The molecule has 0 saturated carbocycles. The largest absolute Gasteiger partial charge is 0.379 e. The van der Waals surface area contributed by atoms with Crippen LogP contribution in [0.4, 0.5) is 0 Å². The molecule has 3 heteroatoms. The van der Waals surface area contributed by atoms with E-state index in [1.165, 1.54) is 0 Å². The maximum absolute atomic E-state index is 5.83. The third kappa shape index (κ3) is 4.60. The highest BCUT2D eigenvalue weighted by atomic mass is 16.5. The van der Waals surface area contributed by atoms with E-state index in [0.717, 1.165) is 39.1 Å². The van der Waals surface area contributed by atoms with Crippen molar-refractivity contribution in [3.8, 4) is 0 Å². The van der Waals surface area contributed by atoms with Crippen LogP contribution >= 0.6 is 0 Å². The molecule has 1 aliphatic rings. The molecule has 1 saturated heterocycles. The number of hydrogen-bond acceptors (Lipinski definition) is 3. The monoisotopic (exact) mass is 187 g/mol. The van der Waals surface area contributed by atoms with Crippen molar-refractivity contribution in [1.82, 2.24) is 5.32 Å². The van der Waals surface area contributed by atoms with E-state index in [1.54, 1.807) is 0 Å². The van der Waals surface area contributed by atoms with Crippen LogP contribution in [0.25, 0.3) is 0 Å². The van der Waals surface area contributed by atoms with Crippen LogP contribution in [0.2, 0.25) is 0 Å². The molecule has 0 radical (unpaired) electrons. The van der Waals surface area contributed by atoms with Crippen LogP contribution in [0, 0.1) is 0 Å². The van der Waals surface area contributed by atoms with Crippen molar-refractivity contribution < 1.29 is 9.47 Å². The molecular weight excluding hydrogens is 166 g/mol. The van der Waals surface area contributed by atoms with Crippen molar-refractivity contribution in [3.05, 3.63) is 0 Å². The van der Waals surface area contributed by atoms with Gasteiger partial charge in [-0.25, -0.2) is 0 Å². The molecule has 1 heterocycles. The van der Waals surface area contributed by atoms with E-state index in [2.05, 4.69) is 12.2 Å². The Balaban J connectivity index is 2.07. The maximum atomic E-state index is 5.83. The molecule has 1 unspecified atom stereocenters. The number of nitrogens with one attached hydrogen (secondary N) is 1. The molecule has 3 nitrogen and oxygen atoms in total. The summed E-state index contributed by atoms with van der Waals surface area (Å²) < 4.78 is 11.1. The van der Waals surface area contributed by atoms with E-state index in [1.807, 2.05) is 6.92 Å². The Morgan fingerprint density at radius 2 is 2.08 bits per heavy atom. The van der Waals surface area contributed by atoms with E-state index in [4.69, 9.17) is 9.47 Å². The summed E-state index contributed by atoms with van der Waals surface area (Å²) in [5.41, 5.74) is 0. The van der Waals surface area contributed by atoms with Gasteiger partial charge in [-0.2, -0.15) is 0 Å². The summed E-state index contributed by atoms with van der Waals surface area (Å²) in [6, 6.07) is 0. The van der Waals surface area contributed by atoms with E-state index < -0.39 is 0 Å². The molecule has 0 aromatic carbocycles. The average molecular weight is 187 g/mol. The lowest BCUT2D eigenvalue weighted by Crippen LogP contribution is -2.35. The van der Waals surface area contributed by atoms with Crippen molar-refractivity contribution in [2.75, 3.05) is 26.3 Å². The SMILES string of the molecule is CCOCC(C)OC1CCNCC1. The lowest BCUT2D eigenvalue weighted by atomic mass is 10.1. The molecule has 1 N–H and O–H groups in total. The second-order valence-corrected chi connectivity index (χ2v) is 3.56. The van der Waals surface area contributed by atoms with E-state index in [9.17, 15) is 0 Å². The number of rotatable bonds is 5. The second kappa shape index (κ2) is 6.35. The maximum Gasteiger partial charge on any atom is 0.0784 e. The van der Waals surface area contributed by atoms with Gasteiger partial charge in [-0.15, -0.1) is 0 Å². The topological polar surface area (TPSA) is 30.5 Å². The van der Waals surface area contributed by atoms with E-state index in [0.29, 0.717) is 6.10 Å². The summed E-state index contributed by atoms with van der Waals surface area (Å²) in [4.78, 5) is 0. The fourth-order valence-electron chi connectivity index (χ4n) is 1.58. The lowest BCUT2D eigenvalue weighted by Gasteiger charge is -2.26. The first kappa shape index (κ1) is 11.0. The zero-order valence-corrected chi connectivity index (χ0v) is 8.71. The zero-order chi connectivity index (χ0) is 9.52. The molecule has 1 aliphatic heterocycles. The molecule has 13 heavy (non-hydrogen) atoms. The Morgan fingerprint density at radius 3 is 2.69 bits per heavy atom. The zero-order valence-electron chi connectivity index (χ0n) is 8.71. The summed E-state index contributed by atoms with van der Waals surface area (Å²) in [5, 5.41) is 3.32. The van der Waals surface area contributed by atoms with Gasteiger partial charge >= 0.3 is 0 Å². The molecular formula is C10H21NO2. The summed E-state index contributed by atoms with van der Waals surface area (Å²) in [5.74, 6) is 0. The van der Waals surface area contributed by atoms with Gasteiger partial charge in [-0.3, -0.25) is 0 Å². The average Bonchev–Trinajstić information content (AvgIpc) is 2.16. The minimum absolute atomic E-state index is 0.239. The molecule has 0 aromatic heterocycles. The highest BCUT2D eigenvalue weighted by Crippen LogP contribution is 2.09. The van der Waals surface area contributed by atoms with Crippen LogP contribution in [0.1, 0.15) is 26.7 Å². The third-order valence-electron chi connectivity index (χ3n) is 2.27. The van der Waals surface area contributed by atoms with Gasteiger partial charge < -0.3 is 14.8 Å². The molecule has 0 aromatic rings.